The van der Waals surface area contributed by atoms with Crippen molar-refractivity contribution in [2.24, 2.45) is 5.92 Å². The molecule has 0 bridgehead atoms. The number of amides is 1. The third-order valence-electron chi connectivity index (χ3n) is 2.12. The first-order chi connectivity index (χ1) is 6.20. The van der Waals surface area contributed by atoms with E-state index >= 15 is 0 Å². The molecule has 0 unspecified atom stereocenters. The fraction of sp³-hybridized carbons (Fsp3) is 0.667. The predicted octanol–water partition coefficient (Wildman–Crippen LogP) is 1.28. The highest BCUT2D eigenvalue weighted by atomic mass is 35.5. The van der Waals surface area contributed by atoms with Crippen LogP contribution in [0.5, 0.6) is 0 Å². The molecule has 0 saturated carbocycles. The van der Waals surface area contributed by atoms with Crippen molar-refractivity contribution >= 4 is 29.9 Å². The number of hydrogen-bond acceptors (Lipinski definition) is 2. The van der Waals surface area contributed by atoms with Gasteiger partial charge in [-0.1, -0.05) is 18.2 Å². The Kier molecular flexibility index (Phi) is 6.97. The fourth-order valence-electron chi connectivity index (χ4n) is 1.40. The van der Waals surface area contributed by atoms with Crippen LogP contribution in [0.4, 0.5) is 0 Å². The molecular formula is C9H16Cl2N2O. The predicted molar refractivity (Wildman–Crippen MR) is 60.8 cm³/mol. The summed E-state index contributed by atoms with van der Waals surface area (Å²) in [6.45, 7) is 5.68. The van der Waals surface area contributed by atoms with E-state index in [-0.39, 0.29) is 24.2 Å². The molecule has 14 heavy (non-hydrogen) atoms. The van der Waals surface area contributed by atoms with E-state index in [9.17, 15) is 4.79 Å². The molecule has 0 aromatic carbocycles. The van der Waals surface area contributed by atoms with E-state index in [0.29, 0.717) is 11.6 Å². The molecule has 1 heterocycles. The maximum absolute atomic E-state index is 11.5. The molecule has 0 aliphatic carbocycles. The van der Waals surface area contributed by atoms with Crippen LogP contribution in [0.25, 0.3) is 0 Å². The van der Waals surface area contributed by atoms with Crippen LogP contribution in [-0.4, -0.2) is 25.5 Å². The highest BCUT2D eigenvalue weighted by molar-refractivity contribution is 6.29. The minimum absolute atomic E-state index is 0. The Hall–Kier alpha value is -0.250. The van der Waals surface area contributed by atoms with E-state index in [0.717, 1.165) is 25.9 Å². The molecule has 82 valence electrons. The summed E-state index contributed by atoms with van der Waals surface area (Å²) >= 11 is 5.54. The minimum atomic E-state index is 0. The van der Waals surface area contributed by atoms with Gasteiger partial charge in [0.15, 0.2) is 0 Å². The van der Waals surface area contributed by atoms with Gasteiger partial charge in [-0.3, -0.25) is 4.79 Å². The third-order valence-corrected chi connectivity index (χ3v) is 2.26. The Morgan fingerprint density at radius 3 is 2.86 bits per heavy atom. The smallest absolute Gasteiger partial charge is 0.224 e. The zero-order valence-electron chi connectivity index (χ0n) is 8.01. The molecule has 1 fully saturated rings. The minimum Gasteiger partial charge on any atom is -0.351 e. The van der Waals surface area contributed by atoms with Crippen LogP contribution in [-0.2, 0) is 4.79 Å². The second-order valence-corrected chi connectivity index (χ2v) is 3.81. The van der Waals surface area contributed by atoms with Crippen LogP contribution in [0.15, 0.2) is 11.6 Å². The van der Waals surface area contributed by atoms with Gasteiger partial charge < -0.3 is 10.6 Å². The standard InChI is InChI=1S/C9H15ClN2O.ClH/c1-7(10)5-12-9(13)8-3-2-4-11-6-8;/h8,11H,1-6H2,(H,12,13);1H/t8-;/m1./s1. The summed E-state index contributed by atoms with van der Waals surface area (Å²) in [5.74, 6) is 0.179. The number of carbonyl (C=O) groups excluding carboxylic acids is 1. The van der Waals surface area contributed by atoms with Gasteiger partial charge in [0.25, 0.3) is 0 Å². The highest BCUT2D eigenvalue weighted by Crippen LogP contribution is 2.09. The largest absolute Gasteiger partial charge is 0.351 e. The normalized spacial score (nSPS) is 20.8. The highest BCUT2D eigenvalue weighted by Gasteiger charge is 2.20. The summed E-state index contributed by atoms with van der Waals surface area (Å²) in [6, 6.07) is 0. The van der Waals surface area contributed by atoms with Crippen molar-refractivity contribution in [3.8, 4) is 0 Å². The van der Waals surface area contributed by atoms with E-state index in [2.05, 4.69) is 17.2 Å². The molecule has 2 N–H and O–H groups in total. The van der Waals surface area contributed by atoms with Gasteiger partial charge in [0, 0.05) is 11.6 Å². The average molecular weight is 239 g/mol. The zero-order chi connectivity index (χ0) is 9.68. The van der Waals surface area contributed by atoms with Gasteiger partial charge in [-0.05, 0) is 19.4 Å². The first-order valence-electron chi connectivity index (χ1n) is 4.52. The number of hydrogen-bond donors (Lipinski definition) is 2. The summed E-state index contributed by atoms with van der Waals surface area (Å²) in [5, 5.41) is 6.40. The molecule has 0 radical (unpaired) electrons. The van der Waals surface area contributed by atoms with Gasteiger partial charge in [-0.2, -0.15) is 0 Å². The van der Waals surface area contributed by atoms with E-state index in [1.165, 1.54) is 0 Å². The molecule has 1 aliphatic heterocycles. The van der Waals surface area contributed by atoms with E-state index in [4.69, 9.17) is 11.6 Å². The number of halogens is 2. The van der Waals surface area contributed by atoms with E-state index in [1.54, 1.807) is 0 Å². The van der Waals surface area contributed by atoms with Gasteiger partial charge in [0.1, 0.15) is 0 Å². The lowest BCUT2D eigenvalue weighted by Gasteiger charge is -2.21. The summed E-state index contributed by atoms with van der Waals surface area (Å²) < 4.78 is 0. The number of piperidine rings is 1. The van der Waals surface area contributed by atoms with E-state index < -0.39 is 0 Å². The van der Waals surface area contributed by atoms with Gasteiger partial charge in [0.2, 0.25) is 5.91 Å². The van der Waals surface area contributed by atoms with Crippen molar-refractivity contribution in [2.45, 2.75) is 12.8 Å². The maximum Gasteiger partial charge on any atom is 0.224 e. The quantitative estimate of drug-likeness (QED) is 0.778. The lowest BCUT2D eigenvalue weighted by Crippen LogP contribution is -2.40. The van der Waals surface area contributed by atoms with Crippen LogP contribution < -0.4 is 10.6 Å². The Morgan fingerprint density at radius 2 is 2.36 bits per heavy atom. The lowest BCUT2D eigenvalue weighted by atomic mass is 9.99. The third kappa shape index (κ3) is 4.84. The van der Waals surface area contributed by atoms with Crippen molar-refractivity contribution in [1.82, 2.24) is 10.6 Å². The summed E-state index contributed by atoms with van der Waals surface area (Å²) in [4.78, 5) is 11.5. The molecule has 1 saturated heterocycles. The molecule has 1 aliphatic rings. The first kappa shape index (κ1) is 13.8. The van der Waals surface area contributed by atoms with Gasteiger partial charge >= 0.3 is 0 Å². The molecule has 1 rings (SSSR count). The first-order valence-corrected chi connectivity index (χ1v) is 4.89. The van der Waals surface area contributed by atoms with Crippen LogP contribution in [0.1, 0.15) is 12.8 Å². The van der Waals surface area contributed by atoms with E-state index in [1.807, 2.05) is 0 Å². The van der Waals surface area contributed by atoms with Crippen LogP contribution in [0, 0.1) is 5.92 Å². The zero-order valence-corrected chi connectivity index (χ0v) is 9.59. The topological polar surface area (TPSA) is 41.1 Å². The van der Waals surface area contributed by atoms with Gasteiger partial charge in [-0.25, -0.2) is 0 Å². The summed E-state index contributed by atoms with van der Waals surface area (Å²) in [7, 11) is 0. The van der Waals surface area contributed by atoms with Crippen molar-refractivity contribution in [3.05, 3.63) is 11.6 Å². The monoisotopic (exact) mass is 238 g/mol. The lowest BCUT2D eigenvalue weighted by molar-refractivity contribution is -0.125. The Balaban J connectivity index is 0.00000169. The molecule has 1 atom stereocenters. The molecular weight excluding hydrogens is 223 g/mol. The Bertz CT molecular complexity index is 203. The molecule has 0 spiro atoms. The molecule has 3 nitrogen and oxygen atoms in total. The summed E-state index contributed by atoms with van der Waals surface area (Å²) in [6.07, 6.45) is 2.04. The van der Waals surface area contributed by atoms with Gasteiger partial charge in [-0.15, -0.1) is 12.4 Å². The van der Waals surface area contributed by atoms with Gasteiger partial charge in [0.05, 0.1) is 12.5 Å². The van der Waals surface area contributed by atoms with Crippen molar-refractivity contribution in [2.75, 3.05) is 19.6 Å². The number of rotatable bonds is 3. The second-order valence-electron chi connectivity index (χ2n) is 3.28. The van der Waals surface area contributed by atoms with Crippen LogP contribution in [0.2, 0.25) is 0 Å². The maximum atomic E-state index is 11.5. The average Bonchev–Trinajstić information content (AvgIpc) is 2.15. The molecule has 0 aromatic heterocycles. The number of carbonyl (C=O) groups is 1. The Morgan fingerprint density at radius 1 is 1.64 bits per heavy atom. The van der Waals surface area contributed by atoms with Crippen LogP contribution in [0.3, 0.4) is 0 Å². The van der Waals surface area contributed by atoms with Crippen LogP contribution >= 0.6 is 24.0 Å². The van der Waals surface area contributed by atoms with Crippen molar-refractivity contribution in [3.63, 3.8) is 0 Å². The number of nitrogens with one attached hydrogen (secondary N) is 2. The fourth-order valence-corrected chi connectivity index (χ4v) is 1.47. The second kappa shape index (κ2) is 7.10. The molecule has 1 amide bonds. The van der Waals surface area contributed by atoms with Crippen molar-refractivity contribution < 1.29 is 4.79 Å². The SMILES string of the molecule is C=C(Cl)CNC(=O)[C@@H]1CCCNC1.Cl. The molecule has 0 aromatic rings. The molecule has 5 heteroatoms. The Labute approximate surface area is 95.7 Å². The summed E-state index contributed by atoms with van der Waals surface area (Å²) in [5.41, 5.74) is 0. The van der Waals surface area contributed by atoms with Crippen molar-refractivity contribution in [1.29, 1.82) is 0 Å².